The number of likely N-dealkylation sites (tertiary alicyclic amines) is 1. The first-order chi connectivity index (χ1) is 10.6. The molecule has 0 aromatic carbocycles. The summed E-state index contributed by atoms with van der Waals surface area (Å²) >= 11 is 0. The zero-order valence-corrected chi connectivity index (χ0v) is 13.1. The van der Waals surface area contributed by atoms with Crippen LogP contribution in [-0.4, -0.2) is 67.1 Å². The largest absolute Gasteiger partial charge is 0.374 e. The van der Waals surface area contributed by atoms with Gasteiger partial charge >= 0.3 is 0 Å². The molecule has 0 N–H and O–H groups in total. The molecule has 1 amide bonds. The summed E-state index contributed by atoms with van der Waals surface area (Å²) in [6, 6.07) is 0.245. The molecular weight excluding hydrogens is 290 g/mol. The van der Waals surface area contributed by atoms with Crippen LogP contribution in [-0.2, 0) is 9.53 Å². The summed E-state index contributed by atoms with van der Waals surface area (Å²) in [4.78, 5) is 16.7. The van der Waals surface area contributed by atoms with E-state index >= 15 is 0 Å². The third-order valence-corrected chi connectivity index (χ3v) is 5.35. The van der Waals surface area contributed by atoms with E-state index in [0.29, 0.717) is 39.1 Å². The van der Waals surface area contributed by atoms with Crippen LogP contribution in [0.15, 0.2) is 0 Å². The van der Waals surface area contributed by atoms with Crippen molar-refractivity contribution in [1.29, 1.82) is 0 Å². The predicted molar refractivity (Wildman–Crippen MR) is 78.9 cm³/mol. The van der Waals surface area contributed by atoms with E-state index in [1.54, 1.807) is 4.90 Å². The maximum atomic E-state index is 12.8. The Morgan fingerprint density at radius 3 is 2.55 bits per heavy atom. The minimum Gasteiger partial charge on any atom is -0.374 e. The first-order valence-corrected chi connectivity index (χ1v) is 8.57. The lowest BCUT2D eigenvalue weighted by Gasteiger charge is -2.45. The summed E-state index contributed by atoms with van der Waals surface area (Å²) in [5, 5.41) is 0. The number of morpholine rings is 1. The lowest BCUT2D eigenvalue weighted by Crippen LogP contribution is -2.57. The van der Waals surface area contributed by atoms with E-state index in [2.05, 4.69) is 0 Å². The van der Waals surface area contributed by atoms with E-state index in [1.165, 1.54) is 12.8 Å². The van der Waals surface area contributed by atoms with Gasteiger partial charge in [0.2, 0.25) is 5.91 Å². The summed E-state index contributed by atoms with van der Waals surface area (Å²) in [6.45, 7) is 2.38. The van der Waals surface area contributed by atoms with Crippen molar-refractivity contribution >= 4 is 5.91 Å². The molecule has 0 spiro atoms. The number of ether oxygens (including phenoxy) is 1. The van der Waals surface area contributed by atoms with Gasteiger partial charge < -0.3 is 9.64 Å². The zero-order chi connectivity index (χ0) is 15.5. The number of alkyl halides is 2. The van der Waals surface area contributed by atoms with Gasteiger partial charge in [-0.25, -0.2) is 8.78 Å². The second-order valence-corrected chi connectivity index (χ2v) is 6.76. The van der Waals surface area contributed by atoms with Crippen LogP contribution in [0.1, 0.15) is 38.5 Å². The molecule has 4 nitrogen and oxygen atoms in total. The number of carbonyl (C=O) groups is 1. The first kappa shape index (κ1) is 16.1. The third kappa shape index (κ3) is 3.59. The van der Waals surface area contributed by atoms with Gasteiger partial charge in [0.05, 0.1) is 25.3 Å². The number of nitrogens with zero attached hydrogens (tertiary/aromatic N) is 2. The predicted octanol–water partition coefficient (Wildman–Crippen LogP) is 2.13. The van der Waals surface area contributed by atoms with Crippen molar-refractivity contribution in [1.82, 2.24) is 9.80 Å². The molecule has 22 heavy (non-hydrogen) atoms. The topological polar surface area (TPSA) is 32.8 Å². The van der Waals surface area contributed by atoms with Crippen LogP contribution in [0, 0.1) is 5.92 Å². The van der Waals surface area contributed by atoms with Gasteiger partial charge in [-0.15, -0.1) is 0 Å². The Labute approximate surface area is 130 Å². The fourth-order valence-electron chi connectivity index (χ4n) is 4.16. The molecule has 0 aromatic rings. The van der Waals surface area contributed by atoms with Gasteiger partial charge in [-0.1, -0.05) is 12.8 Å². The summed E-state index contributed by atoms with van der Waals surface area (Å²) in [6.07, 6.45) is 3.80. The average Bonchev–Trinajstić information content (AvgIpc) is 2.54. The van der Waals surface area contributed by atoms with Crippen LogP contribution >= 0.6 is 0 Å². The van der Waals surface area contributed by atoms with Crippen molar-refractivity contribution in [3.63, 3.8) is 0 Å². The Morgan fingerprint density at radius 2 is 1.82 bits per heavy atom. The van der Waals surface area contributed by atoms with Crippen molar-refractivity contribution in [3.05, 3.63) is 0 Å². The second kappa shape index (κ2) is 7.21. The highest BCUT2D eigenvalue weighted by molar-refractivity contribution is 5.79. The van der Waals surface area contributed by atoms with E-state index in [-0.39, 0.29) is 30.5 Å². The Kier molecular flexibility index (Phi) is 5.29. The Morgan fingerprint density at radius 1 is 1.09 bits per heavy atom. The summed E-state index contributed by atoms with van der Waals surface area (Å²) in [7, 11) is 0. The number of fused-ring (bicyclic) bond motifs is 1. The van der Waals surface area contributed by atoms with Crippen molar-refractivity contribution in [2.45, 2.75) is 57.1 Å². The number of rotatable bonds is 3. The summed E-state index contributed by atoms with van der Waals surface area (Å²) in [5.41, 5.74) is 0. The molecular formula is C16H26F2N2O2. The van der Waals surface area contributed by atoms with E-state index in [0.717, 1.165) is 12.8 Å². The average molecular weight is 316 g/mol. The van der Waals surface area contributed by atoms with Crippen LogP contribution in [0.5, 0.6) is 0 Å². The molecule has 3 aliphatic rings. The molecule has 126 valence electrons. The smallest absolute Gasteiger partial charge is 0.251 e. The summed E-state index contributed by atoms with van der Waals surface area (Å²) in [5.74, 6) is 0.242. The molecule has 2 atom stereocenters. The number of carbonyl (C=O) groups excluding carboxylic acids is 1. The molecule has 0 radical (unpaired) electrons. The number of piperidine rings is 1. The lowest BCUT2D eigenvalue weighted by atomic mass is 9.88. The monoisotopic (exact) mass is 316 g/mol. The fourth-order valence-corrected chi connectivity index (χ4v) is 4.16. The molecule has 2 saturated heterocycles. The highest BCUT2D eigenvalue weighted by atomic mass is 19.3. The molecule has 1 saturated carbocycles. The quantitative estimate of drug-likeness (QED) is 0.800. The summed E-state index contributed by atoms with van der Waals surface area (Å²) < 4.78 is 30.7. The van der Waals surface area contributed by atoms with Gasteiger partial charge in [0.25, 0.3) is 6.43 Å². The maximum Gasteiger partial charge on any atom is 0.251 e. The SMILES string of the molecule is O=C(C1CCN(CC(F)F)CC1)N1CCO[C@@H]2CCCC[C@H]21. The fraction of sp³-hybridized carbons (Fsp3) is 0.938. The normalized spacial score (nSPS) is 31.3. The minimum atomic E-state index is -2.28. The van der Waals surface area contributed by atoms with E-state index < -0.39 is 6.43 Å². The number of halogens is 2. The molecule has 1 aliphatic carbocycles. The Balaban J connectivity index is 1.55. The van der Waals surface area contributed by atoms with Gasteiger partial charge in [-0.2, -0.15) is 0 Å². The van der Waals surface area contributed by atoms with Crippen LogP contribution in [0.2, 0.25) is 0 Å². The molecule has 2 aliphatic heterocycles. The molecule has 0 aromatic heterocycles. The van der Waals surface area contributed by atoms with Crippen molar-refractivity contribution in [2.75, 3.05) is 32.8 Å². The molecule has 0 bridgehead atoms. The minimum absolute atomic E-state index is 0.00889. The highest BCUT2D eigenvalue weighted by Gasteiger charge is 2.39. The van der Waals surface area contributed by atoms with Crippen LogP contribution < -0.4 is 0 Å². The molecule has 0 unspecified atom stereocenters. The van der Waals surface area contributed by atoms with Crippen LogP contribution in [0.25, 0.3) is 0 Å². The van der Waals surface area contributed by atoms with Crippen LogP contribution in [0.3, 0.4) is 0 Å². The number of amides is 1. The standard InChI is InChI=1S/C16H26F2N2O2/c17-15(18)11-19-7-5-12(6-8-19)16(21)20-9-10-22-14-4-2-1-3-13(14)20/h12-15H,1-11H2/t13-,14-/m1/s1. The zero-order valence-electron chi connectivity index (χ0n) is 13.1. The molecule has 6 heteroatoms. The first-order valence-electron chi connectivity index (χ1n) is 8.57. The third-order valence-electron chi connectivity index (χ3n) is 5.35. The van der Waals surface area contributed by atoms with E-state index in [1.807, 2.05) is 4.90 Å². The van der Waals surface area contributed by atoms with Gasteiger partial charge in [-0.05, 0) is 38.8 Å². The Hall–Kier alpha value is -0.750. The van der Waals surface area contributed by atoms with Crippen molar-refractivity contribution < 1.29 is 18.3 Å². The van der Waals surface area contributed by atoms with Gasteiger partial charge in [-0.3, -0.25) is 9.69 Å². The van der Waals surface area contributed by atoms with Gasteiger partial charge in [0, 0.05) is 12.5 Å². The van der Waals surface area contributed by atoms with Gasteiger partial charge in [0.15, 0.2) is 0 Å². The van der Waals surface area contributed by atoms with E-state index in [9.17, 15) is 13.6 Å². The number of hydrogen-bond acceptors (Lipinski definition) is 3. The van der Waals surface area contributed by atoms with Gasteiger partial charge in [0.1, 0.15) is 0 Å². The lowest BCUT2D eigenvalue weighted by molar-refractivity contribution is -0.155. The highest BCUT2D eigenvalue weighted by Crippen LogP contribution is 2.31. The van der Waals surface area contributed by atoms with Crippen molar-refractivity contribution in [2.24, 2.45) is 5.92 Å². The van der Waals surface area contributed by atoms with Crippen LogP contribution in [0.4, 0.5) is 8.78 Å². The Bertz CT molecular complexity index is 384. The molecule has 3 rings (SSSR count). The van der Waals surface area contributed by atoms with Crippen molar-refractivity contribution in [3.8, 4) is 0 Å². The molecule has 2 heterocycles. The second-order valence-electron chi connectivity index (χ2n) is 6.76. The maximum absolute atomic E-state index is 12.8. The molecule has 3 fully saturated rings. The number of hydrogen-bond donors (Lipinski definition) is 0. The van der Waals surface area contributed by atoms with E-state index in [4.69, 9.17) is 4.74 Å².